The number of nitrogens with two attached hydrogens (primary N) is 1. The fourth-order valence-electron chi connectivity index (χ4n) is 1.35. The third-order valence-corrected chi connectivity index (χ3v) is 3.33. The number of ether oxygens (including phenoxy) is 1. The van der Waals surface area contributed by atoms with E-state index in [9.17, 15) is 13.6 Å². The number of hydrogen-bond acceptors (Lipinski definition) is 3. The summed E-state index contributed by atoms with van der Waals surface area (Å²) >= 11 is 17.2. The first kappa shape index (κ1) is 19.7. The molecule has 2 N–H and O–H groups in total. The Labute approximate surface area is 135 Å². The van der Waals surface area contributed by atoms with Gasteiger partial charge in [0, 0.05) is 5.02 Å². The van der Waals surface area contributed by atoms with Gasteiger partial charge < -0.3 is 10.5 Å². The molecule has 9 heteroatoms. The predicted molar refractivity (Wildman–Crippen MR) is 77.2 cm³/mol. The Morgan fingerprint density at radius 1 is 1.40 bits per heavy atom. The number of hydrogen-bond donors (Lipinski definition) is 1. The molecule has 0 aliphatic heterocycles. The molecule has 0 heterocycles. The lowest BCUT2D eigenvalue weighted by Crippen LogP contribution is -2.41. The third kappa shape index (κ3) is 4.09. The number of esters is 1. The number of halogens is 6. The van der Waals surface area contributed by atoms with Crippen molar-refractivity contribution in [3.8, 4) is 0 Å². The molecule has 0 saturated carbocycles. The van der Waals surface area contributed by atoms with Gasteiger partial charge in [-0.2, -0.15) is 8.78 Å². The molecule has 0 bridgehead atoms. The van der Waals surface area contributed by atoms with Crippen LogP contribution in [0, 0.1) is 0 Å². The van der Waals surface area contributed by atoms with E-state index in [0.717, 1.165) is 6.07 Å². The van der Waals surface area contributed by atoms with Gasteiger partial charge in [0.25, 0.3) is 0 Å². The van der Waals surface area contributed by atoms with E-state index in [1.807, 2.05) is 0 Å². The van der Waals surface area contributed by atoms with Gasteiger partial charge in [0.05, 0.1) is 16.7 Å². The maximum absolute atomic E-state index is 13.8. The van der Waals surface area contributed by atoms with Gasteiger partial charge in [-0.3, -0.25) is 0 Å². The highest BCUT2D eigenvalue weighted by Gasteiger charge is 2.48. The molecule has 0 saturated heterocycles. The molecule has 1 atom stereocenters. The summed E-state index contributed by atoms with van der Waals surface area (Å²) in [6.07, 6.45) is 0. The zero-order valence-electron chi connectivity index (χ0n) is 10.1. The van der Waals surface area contributed by atoms with Crippen molar-refractivity contribution >= 4 is 53.2 Å². The van der Waals surface area contributed by atoms with Crippen LogP contribution in [0.5, 0.6) is 0 Å². The van der Waals surface area contributed by atoms with Gasteiger partial charge in [-0.25, -0.2) is 4.79 Å². The fourth-order valence-corrected chi connectivity index (χ4v) is 2.09. The lowest BCUT2D eigenvalue weighted by Gasteiger charge is -2.23. The van der Waals surface area contributed by atoms with Crippen LogP contribution in [0.1, 0.15) is 18.5 Å². The molecule has 0 radical (unpaired) electrons. The van der Waals surface area contributed by atoms with Crippen molar-refractivity contribution in [3.63, 3.8) is 0 Å². The second-order valence-corrected chi connectivity index (χ2v) is 4.83. The summed E-state index contributed by atoms with van der Waals surface area (Å²) in [7, 11) is 0. The van der Waals surface area contributed by atoms with Gasteiger partial charge in [0.2, 0.25) is 0 Å². The molecular weight excluding hydrogens is 358 g/mol. The Morgan fingerprint density at radius 2 is 1.95 bits per heavy atom. The standard InChI is InChI=1S/C11H10Cl3F2NO2.ClH/c1-2-19-10(18)11(15,16)9(17)6-3-5(12)4-7(13)8(6)14;/h3-4,9H,2,17H2,1H3;1H/t9-;/m0./s1. The highest BCUT2D eigenvalue weighted by molar-refractivity contribution is 6.43. The highest BCUT2D eigenvalue weighted by Crippen LogP contribution is 2.38. The topological polar surface area (TPSA) is 52.3 Å². The average Bonchev–Trinajstić information content (AvgIpc) is 2.33. The number of benzene rings is 1. The van der Waals surface area contributed by atoms with Gasteiger partial charge >= 0.3 is 11.9 Å². The largest absolute Gasteiger partial charge is 0.462 e. The molecule has 0 aliphatic carbocycles. The normalized spacial score (nSPS) is 12.6. The summed E-state index contributed by atoms with van der Waals surface area (Å²) in [5, 5.41) is -0.124. The quantitative estimate of drug-likeness (QED) is 0.637. The van der Waals surface area contributed by atoms with E-state index in [4.69, 9.17) is 40.5 Å². The van der Waals surface area contributed by atoms with Crippen LogP contribution in [0.3, 0.4) is 0 Å². The predicted octanol–water partition coefficient (Wildman–Crippen LogP) is 4.27. The summed E-state index contributed by atoms with van der Waals surface area (Å²) in [4.78, 5) is 11.2. The minimum absolute atomic E-state index is 0. The van der Waals surface area contributed by atoms with Crippen LogP contribution in [0.4, 0.5) is 8.78 Å². The van der Waals surface area contributed by atoms with Crippen molar-refractivity contribution in [1.82, 2.24) is 0 Å². The maximum atomic E-state index is 13.8. The van der Waals surface area contributed by atoms with Crippen LogP contribution in [0.15, 0.2) is 12.1 Å². The average molecular weight is 369 g/mol. The van der Waals surface area contributed by atoms with Crippen molar-refractivity contribution in [2.45, 2.75) is 18.9 Å². The fraction of sp³-hybridized carbons (Fsp3) is 0.364. The van der Waals surface area contributed by atoms with Crippen LogP contribution in [0.25, 0.3) is 0 Å². The van der Waals surface area contributed by atoms with Gasteiger partial charge in [-0.05, 0) is 24.6 Å². The Balaban J connectivity index is 0.00000361. The summed E-state index contributed by atoms with van der Waals surface area (Å²) in [5.41, 5.74) is 5.17. The monoisotopic (exact) mass is 367 g/mol. The minimum Gasteiger partial charge on any atom is -0.462 e. The Bertz CT molecular complexity index is 500. The maximum Gasteiger partial charge on any atom is 0.379 e. The Hall–Kier alpha value is -0.330. The zero-order chi connectivity index (χ0) is 14.8. The van der Waals surface area contributed by atoms with E-state index in [1.165, 1.54) is 13.0 Å². The van der Waals surface area contributed by atoms with Crippen LogP contribution in [-0.4, -0.2) is 18.5 Å². The third-order valence-electron chi connectivity index (χ3n) is 2.29. The van der Waals surface area contributed by atoms with Gasteiger partial charge in [-0.15, -0.1) is 12.4 Å². The first-order valence-corrected chi connectivity index (χ1v) is 6.30. The molecule has 3 nitrogen and oxygen atoms in total. The van der Waals surface area contributed by atoms with Crippen LogP contribution in [0.2, 0.25) is 15.1 Å². The molecule has 114 valence electrons. The molecule has 1 aromatic carbocycles. The molecular formula is C11H11Cl4F2NO2. The van der Waals surface area contributed by atoms with E-state index in [-0.39, 0.29) is 39.6 Å². The number of carbonyl (C=O) groups excluding carboxylic acids is 1. The first-order valence-electron chi connectivity index (χ1n) is 5.16. The van der Waals surface area contributed by atoms with E-state index >= 15 is 0 Å². The van der Waals surface area contributed by atoms with Gasteiger partial charge in [0.1, 0.15) is 6.04 Å². The van der Waals surface area contributed by atoms with Gasteiger partial charge in [-0.1, -0.05) is 34.8 Å². The number of carbonyl (C=O) groups is 1. The van der Waals surface area contributed by atoms with E-state index in [1.54, 1.807) is 0 Å². The molecule has 1 rings (SSSR count). The van der Waals surface area contributed by atoms with E-state index in [0.29, 0.717) is 0 Å². The second kappa shape index (κ2) is 7.61. The van der Waals surface area contributed by atoms with Crippen LogP contribution < -0.4 is 5.73 Å². The van der Waals surface area contributed by atoms with Crippen molar-refractivity contribution < 1.29 is 18.3 Å². The number of alkyl halides is 2. The summed E-state index contributed by atoms with van der Waals surface area (Å²) in [6.45, 7) is 1.22. The van der Waals surface area contributed by atoms with Crippen molar-refractivity contribution in [2.75, 3.05) is 6.61 Å². The Morgan fingerprint density at radius 3 is 2.45 bits per heavy atom. The summed E-state index contributed by atoms with van der Waals surface area (Å²) < 4.78 is 31.8. The van der Waals surface area contributed by atoms with Crippen molar-refractivity contribution in [2.24, 2.45) is 5.73 Å². The Kier molecular flexibility index (Phi) is 7.49. The second-order valence-electron chi connectivity index (χ2n) is 3.61. The van der Waals surface area contributed by atoms with E-state index < -0.39 is 17.9 Å². The molecule has 0 aromatic heterocycles. The molecule has 0 aliphatic rings. The molecule has 0 unspecified atom stereocenters. The lowest BCUT2D eigenvalue weighted by molar-refractivity contribution is -0.174. The zero-order valence-corrected chi connectivity index (χ0v) is 13.2. The summed E-state index contributed by atoms with van der Waals surface area (Å²) in [6, 6.07) is 0.410. The van der Waals surface area contributed by atoms with E-state index in [2.05, 4.69) is 4.74 Å². The number of rotatable bonds is 4. The summed E-state index contributed by atoms with van der Waals surface area (Å²) in [5.74, 6) is -5.66. The molecule has 20 heavy (non-hydrogen) atoms. The van der Waals surface area contributed by atoms with Gasteiger partial charge in [0.15, 0.2) is 0 Å². The van der Waals surface area contributed by atoms with Crippen LogP contribution in [-0.2, 0) is 9.53 Å². The highest BCUT2D eigenvalue weighted by atomic mass is 35.5. The smallest absolute Gasteiger partial charge is 0.379 e. The SMILES string of the molecule is CCOC(=O)C(F)(F)[C@@H](N)c1cc(Cl)cc(Cl)c1Cl.Cl. The lowest BCUT2D eigenvalue weighted by atomic mass is 10.0. The molecule has 0 amide bonds. The first-order chi connectivity index (χ1) is 8.71. The molecule has 0 fully saturated rings. The molecule has 1 aromatic rings. The minimum atomic E-state index is -3.94. The van der Waals surface area contributed by atoms with Crippen molar-refractivity contribution in [1.29, 1.82) is 0 Å². The van der Waals surface area contributed by atoms with Crippen molar-refractivity contribution in [3.05, 3.63) is 32.8 Å². The van der Waals surface area contributed by atoms with Crippen LogP contribution >= 0.6 is 47.2 Å². The molecule has 0 spiro atoms.